The summed E-state index contributed by atoms with van der Waals surface area (Å²) in [6, 6.07) is 41.6. The van der Waals surface area contributed by atoms with Gasteiger partial charge in [0, 0.05) is 79.2 Å². The summed E-state index contributed by atoms with van der Waals surface area (Å²) in [6.45, 7) is 7.13. The number of aryl methyl sites for hydroxylation is 3. The Labute approximate surface area is 834 Å². The van der Waals surface area contributed by atoms with Crippen LogP contribution in [0.3, 0.4) is 0 Å². The van der Waals surface area contributed by atoms with Crippen LogP contribution in [0.25, 0.3) is 45.0 Å². The fraction of sp³-hybridized carbons (Fsp3) is 0.202. The number of nitrogens with two attached hydrogens (primary N) is 5. The van der Waals surface area contributed by atoms with E-state index in [1.54, 1.807) is 96.3 Å². The van der Waals surface area contributed by atoms with Crippen LogP contribution in [0.4, 0.5) is 128 Å². The third-order valence-corrected chi connectivity index (χ3v) is 20.4. The lowest BCUT2D eigenvalue weighted by Crippen LogP contribution is -2.38. The van der Waals surface area contributed by atoms with Gasteiger partial charge in [0.05, 0.1) is 48.6 Å². The van der Waals surface area contributed by atoms with E-state index in [4.69, 9.17) is 62.1 Å². The molecule has 0 aliphatic carbocycles. The van der Waals surface area contributed by atoms with Crippen LogP contribution in [0, 0.1) is 84.9 Å². The van der Waals surface area contributed by atoms with Gasteiger partial charge in [0.1, 0.15) is 143 Å². The van der Waals surface area contributed by atoms with Crippen molar-refractivity contribution in [2.45, 2.75) is 74.5 Å². The van der Waals surface area contributed by atoms with Crippen LogP contribution >= 0.6 is 7.82 Å². The second-order valence-corrected chi connectivity index (χ2v) is 32.9. The molecule has 0 fully saturated rings. The van der Waals surface area contributed by atoms with Gasteiger partial charge in [0.25, 0.3) is 0 Å². The third-order valence-electron chi connectivity index (χ3n) is 19.9. The van der Waals surface area contributed by atoms with Crippen molar-refractivity contribution in [3.63, 3.8) is 0 Å². The minimum atomic E-state index is -4.67. The first-order valence-corrected chi connectivity index (χ1v) is 44.7. The molecule has 12 amide bonds. The van der Waals surface area contributed by atoms with Gasteiger partial charge in [-0.05, 0) is 166 Å². The number of carbonyl (C=O) groups excluding carboxylic acids is 9. The molecule has 37 nitrogen and oxygen atoms in total. The number of nitrogens with zero attached hydrogens (tertiary/aromatic N) is 12. The van der Waals surface area contributed by atoms with E-state index in [0.717, 1.165) is 83.9 Å². The third kappa shape index (κ3) is 32.9. The van der Waals surface area contributed by atoms with Crippen LogP contribution in [0.15, 0.2) is 222 Å². The van der Waals surface area contributed by atoms with Crippen LogP contribution in [0.5, 0.6) is 0 Å². The van der Waals surface area contributed by atoms with Crippen LogP contribution < -0.4 is 58.9 Å². The van der Waals surface area contributed by atoms with Crippen molar-refractivity contribution in [3.05, 3.63) is 309 Å². The Morgan fingerprint density at radius 1 is 0.388 bits per heavy atom. The number of aliphatic imine (C=N–C) groups is 2. The lowest BCUT2D eigenvalue weighted by atomic mass is 10.0. The van der Waals surface area contributed by atoms with E-state index >= 15 is 0 Å². The predicted molar refractivity (Wildman–Crippen MR) is 525 cm³/mol. The van der Waals surface area contributed by atoms with Gasteiger partial charge in [-0.1, -0.05) is 111 Å². The minimum Gasteiger partial charge on any atom is -0.463 e. The number of hydrogen-bond donors (Lipinski definition) is 9. The molecule has 0 radical (unpaired) electrons. The van der Waals surface area contributed by atoms with Crippen LogP contribution in [-0.2, 0) is 64.0 Å². The van der Waals surface area contributed by atoms with E-state index < -0.39 is 156 Å². The zero-order chi connectivity index (χ0) is 107. The van der Waals surface area contributed by atoms with Gasteiger partial charge in [-0.2, -0.15) is 9.98 Å². The number of amides is 12. The Hall–Kier alpha value is -17.3. The smallest absolute Gasteiger partial charge is 0.463 e. The first-order valence-electron chi connectivity index (χ1n) is 43.2. The fourth-order valence-electron chi connectivity index (χ4n) is 12.9. The number of nitrogens with one attached hydrogen (secondary N) is 2. The molecular formula is C99H100F10N19O18P. The maximum atomic E-state index is 14.9. The van der Waals surface area contributed by atoms with Gasteiger partial charge in [-0.3, -0.25) is 9.32 Å². The summed E-state index contributed by atoms with van der Waals surface area (Å²) < 4.78 is 185. The highest BCUT2D eigenvalue weighted by atomic mass is 31.2. The minimum absolute atomic E-state index is 0. The van der Waals surface area contributed by atoms with Gasteiger partial charge in [-0.25, -0.2) is 126 Å². The maximum absolute atomic E-state index is 14.9. The van der Waals surface area contributed by atoms with Crippen LogP contribution in [-0.4, -0.2) is 167 Å². The van der Waals surface area contributed by atoms with E-state index in [-0.39, 0.29) is 111 Å². The number of phosphoric ester groups is 1. The summed E-state index contributed by atoms with van der Waals surface area (Å²) in [6.07, 6.45) is -0.938. The van der Waals surface area contributed by atoms with Gasteiger partial charge < -0.3 is 82.6 Å². The van der Waals surface area contributed by atoms with Crippen molar-refractivity contribution < 1.29 is 130 Å². The highest BCUT2D eigenvalue weighted by Crippen LogP contribution is 2.40. The summed E-state index contributed by atoms with van der Waals surface area (Å²) >= 11 is 0. The molecule has 0 spiro atoms. The number of rotatable bonds is 31. The number of benzene rings is 8. The molecule has 14 N–H and O–H groups in total. The summed E-state index contributed by atoms with van der Waals surface area (Å²) in [5.74, 6) is -10.8. The van der Waals surface area contributed by atoms with Crippen molar-refractivity contribution >= 4 is 121 Å². The maximum Gasteiger partial charge on any atom is 0.469 e. The number of hydrogen-bond acceptors (Lipinski definition) is 21. The molecule has 0 aliphatic heterocycles. The molecule has 12 aromatic rings. The summed E-state index contributed by atoms with van der Waals surface area (Å²) in [4.78, 5) is 156. The number of carbonyl (C=O) groups is 9. The number of para-hydroxylation sites is 4. The second-order valence-electron chi connectivity index (χ2n) is 31.7. The Kier molecular flexibility index (Phi) is 42.0. The average Bonchev–Trinajstić information content (AvgIpc) is 0.805. The monoisotopic (exact) mass is 2060 g/mol. The van der Waals surface area contributed by atoms with Gasteiger partial charge in [-0.15, -0.1) is 0 Å². The number of esters is 1. The number of alkyl carbamates (subject to hydrolysis) is 2. The number of anilines is 8. The van der Waals surface area contributed by atoms with E-state index in [2.05, 4.69) is 45.1 Å². The summed E-state index contributed by atoms with van der Waals surface area (Å²) in [5.41, 5.74) is 30.9. The van der Waals surface area contributed by atoms with Crippen molar-refractivity contribution in [2.24, 2.45) is 44.6 Å². The molecule has 0 saturated heterocycles. The largest absolute Gasteiger partial charge is 0.469 e. The van der Waals surface area contributed by atoms with Crippen LogP contribution in [0.2, 0.25) is 0 Å². The highest BCUT2D eigenvalue weighted by molar-refractivity contribution is 7.46. The number of phosphoric acid groups is 1. The number of pyridine rings is 4. The average molecular weight is 2060 g/mol. The van der Waals surface area contributed by atoms with Crippen molar-refractivity contribution in [3.8, 4) is 45.0 Å². The summed E-state index contributed by atoms with van der Waals surface area (Å²) in [5, 5.41) is 4.74. The molecule has 0 saturated carbocycles. The standard InChI is InChI=1S/C28H31F2N5O5.C24H22F3N5O3.C23H20F3N5O3.C23H23F2N4O7P.CH4/c1-16(2)23(31)26(36)39-14-13-33-28(38)40-15-19-11-12-22(34-24(19)18-9-7-17(3)8-10-18)35(27(32)37)25-20(29)5-4-6-21(25)30;1-14-7-9-16(19(27)11-14)21-15(12-35-24(34)29-13-31(2)3)8-10-20(30-21)32(23(28)33)22-17(25)5-4-6-18(22)26;1-30(2)13-28-23(33)34-12-15-8-11-19(29-20(15)14-6-9-16(24)10-7-14)31(22(27)32)21-17(25)4-3-5-18(21)26;1-14-5-7-15(8-6-14)20-16(13-35-23(31)27-11-12-36-37(32,33)34)9-10-19(28-20)29(22(26)30)21-17(24)3-2-4-18(21)25;/h4-12,16,23H,13-15,31H2,1-3H3,(H2,32,37)(H,33,38);4-11,13H,12H2,1-3H3,(H2,28,33);3-11,13H,12H2,1-2H3,(H2,27,32);2-10H,11-13H2,1H3,(H2,26,30)(H,27,31)(H2,32,33,34);1H4/t23-;;;;/m0..../s1. The second kappa shape index (κ2) is 53.7. The quantitative estimate of drug-likeness (QED) is 0.00370. The molecule has 4 aromatic heterocycles. The number of primary amides is 4. The Morgan fingerprint density at radius 3 is 0.966 bits per heavy atom. The fourth-order valence-corrected chi connectivity index (χ4v) is 13.2. The first-order chi connectivity index (χ1) is 69.2. The molecule has 147 heavy (non-hydrogen) atoms. The molecule has 1 atom stereocenters. The molecule has 8 aromatic carbocycles. The number of urea groups is 4. The van der Waals surface area contributed by atoms with E-state index in [1.807, 2.05) is 26.0 Å². The molecule has 0 bridgehead atoms. The predicted octanol–water partition coefficient (Wildman–Crippen LogP) is 18.4. The SMILES string of the molecule is C.CN(C)C=NC(=O)OCc1ccc(N(C(N)=O)c2c(F)cccc2F)nc1-c1ccc(F)cc1.Cc1ccc(-c2nc(N(C(N)=O)c3c(F)cccc3F)ccc2COC(=O)N=CN(C)C)c(F)c1.Cc1ccc(-c2nc(N(C(N)=O)c3c(F)cccc3F)ccc2COC(=O)NCCOC(=O)[C@@H](N)C(C)C)cc1.Cc1ccc(-c2nc(N(C(N)=O)c3c(F)cccc3F)ccc2COC(=O)NCCOP(=O)(O)O)cc1. The lowest BCUT2D eigenvalue weighted by molar-refractivity contribution is -0.146. The molecule has 4 heterocycles. The normalized spacial score (nSPS) is 11.1. The number of halogens is 10. The zero-order valence-electron chi connectivity index (χ0n) is 79.1. The lowest BCUT2D eigenvalue weighted by Gasteiger charge is -2.22. The first kappa shape index (κ1) is 115. The van der Waals surface area contributed by atoms with Crippen LogP contribution in [0.1, 0.15) is 60.2 Å². The molecular weight excluding hydrogens is 1960 g/mol. The molecule has 12 rings (SSSR count). The highest BCUT2D eigenvalue weighted by Gasteiger charge is 2.32. The molecule has 48 heteroatoms. The van der Waals surface area contributed by atoms with Gasteiger partial charge in [0.15, 0.2) is 0 Å². The van der Waals surface area contributed by atoms with E-state index in [0.29, 0.717) is 64.2 Å². The van der Waals surface area contributed by atoms with Crippen molar-refractivity contribution in [1.29, 1.82) is 0 Å². The zero-order valence-corrected chi connectivity index (χ0v) is 80.0. The Balaban J connectivity index is 0.000000239. The Bertz CT molecular complexity index is 6760. The van der Waals surface area contributed by atoms with Gasteiger partial charge in [0.2, 0.25) is 0 Å². The van der Waals surface area contributed by atoms with Gasteiger partial charge >= 0.3 is 62.3 Å². The van der Waals surface area contributed by atoms with E-state index in [9.17, 15) is 91.6 Å². The Morgan fingerprint density at radius 2 is 0.673 bits per heavy atom. The molecule has 0 unspecified atom stereocenters. The van der Waals surface area contributed by atoms with E-state index in [1.165, 1.54) is 103 Å². The number of ether oxygens (including phenoxy) is 5. The number of aromatic nitrogens is 4. The summed E-state index contributed by atoms with van der Waals surface area (Å²) in [7, 11) is 2.02. The van der Waals surface area contributed by atoms with Crippen molar-refractivity contribution in [1.82, 2.24) is 40.4 Å². The van der Waals surface area contributed by atoms with Crippen molar-refractivity contribution in [2.75, 3.05) is 74.1 Å². The molecule has 0 aliphatic rings. The topological polar surface area (TPSA) is 516 Å². The molecule has 774 valence electrons.